The Hall–Kier alpha value is -2.54. The van der Waals surface area contributed by atoms with Crippen LogP contribution in [-0.2, 0) is 11.2 Å². The van der Waals surface area contributed by atoms with E-state index in [1.807, 2.05) is 51.7 Å². The molecule has 2 heterocycles. The molecule has 0 radical (unpaired) electrons. The molecule has 0 fully saturated rings. The third kappa shape index (κ3) is 6.50. The monoisotopic (exact) mass is 471 g/mol. The van der Waals surface area contributed by atoms with E-state index in [4.69, 9.17) is 4.74 Å². The highest BCUT2D eigenvalue weighted by Crippen LogP contribution is 2.34. The normalized spacial score (nSPS) is 15.7. The van der Waals surface area contributed by atoms with Gasteiger partial charge in [0.25, 0.3) is 0 Å². The third-order valence-electron chi connectivity index (χ3n) is 5.73. The van der Waals surface area contributed by atoms with Crippen molar-refractivity contribution >= 4 is 23.3 Å². The summed E-state index contributed by atoms with van der Waals surface area (Å²) in [5, 5.41) is 5.07. The fraction of sp³-hybridized carbons (Fsp3) is 0.538. The molecule has 2 aromatic rings. The zero-order valence-electron chi connectivity index (χ0n) is 20.7. The summed E-state index contributed by atoms with van der Waals surface area (Å²) >= 11 is 1.73. The van der Waals surface area contributed by atoms with Gasteiger partial charge < -0.3 is 19.9 Å². The van der Waals surface area contributed by atoms with E-state index in [9.17, 15) is 9.59 Å². The molecular weight excluding hydrogens is 434 g/mol. The van der Waals surface area contributed by atoms with Crippen LogP contribution in [0.3, 0.4) is 0 Å². The molecule has 1 aliphatic heterocycles. The number of hydrogen-bond acceptors (Lipinski definition) is 4. The number of fused-ring (bicyclic) bond motifs is 1. The number of nitrogens with zero attached hydrogens (tertiary/aromatic N) is 2. The van der Waals surface area contributed by atoms with Crippen molar-refractivity contribution in [3.05, 3.63) is 51.2 Å². The lowest BCUT2D eigenvalue weighted by Gasteiger charge is -2.37. The quantitative estimate of drug-likeness (QED) is 0.612. The molecule has 0 aliphatic carbocycles. The molecule has 3 rings (SSSR count). The fourth-order valence-corrected chi connectivity index (χ4v) is 5.11. The molecule has 180 valence electrons. The number of hydrogen-bond donors (Lipinski definition) is 1. The Morgan fingerprint density at radius 3 is 2.67 bits per heavy atom. The molecule has 1 atom stereocenters. The van der Waals surface area contributed by atoms with E-state index in [-0.39, 0.29) is 30.1 Å². The predicted octanol–water partition coefficient (Wildman–Crippen LogP) is 5.09. The van der Waals surface area contributed by atoms with Crippen molar-refractivity contribution in [1.82, 2.24) is 15.1 Å². The highest BCUT2D eigenvalue weighted by atomic mass is 32.1. The number of carbonyl (C=O) groups excluding carboxylic acids is 2. The molecular formula is C26H37N3O3S. The number of amides is 3. The molecule has 0 spiro atoms. The molecule has 6 nitrogen and oxygen atoms in total. The van der Waals surface area contributed by atoms with Crippen molar-refractivity contribution in [3.8, 4) is 5.75 Å². The van der Waals surface area contributed by atoms with Crippen LogP contribution in [0.2, 0.25) is 0 Å². The van der Waals surface area contributed by atoms with E-state index in [2.05, 4.69) is 29.8 Å². The van der Waals surface area contributed by atoms with E-state index in [0.29, 0.717) is 19.7 Å². The molecule has 1 aliphatic rings. The number of nitrogens with one attached hydrogen (secondary N) is 1. The van der Waals surface area contributed by atoms with Gasteiger partial charge in [0.2, 0.25) is 5.91 Å². The molecule has 33 heavy (non-hydrogen) atoms. The predicted molar refractivity (Wildman–Crippen MR) is 134 cm³/mol. The topological polar surface area (TPSA) is 61.9 Å². The first-order valence-electron chi connectivity index (χ1n) is 11.7. The van der Waals surface area contributed by atoms with Crippen molar-refractivity contribution in [2.75, 3.05) is 26.2 Å². The number of carbonyl (C=O) groups is 2. The van der Waals surface area contributed by atoms with E-state index < -0.39 is 0 Å². The Bertz CT molecular complexity index is 979. The van der Waals surface area contributed by atoms with E-state index >= 15 is 0 Å². The van der Waals surface area contributed by atoms with Gasteiger partial charge in [0.1, 0.15) is 18.9 Å². The second-order valence-corrected chi connectivity index (χ2v) is 10.8. The maximum Gasteiger partial charge on any atom is 0.318 e. The summed E-state index contributed by atoms with van der Waals surface area (Å²) in [6, 6.07) is 7.88. The minimum Gasteiger partial charge on any atom is -0.491 e. The van der Waals surface area contributed by atoms with E-state index in [1.54, 1.807) is 16.2 Å². The van der Waals surface area contributed by atoms with Gasteiger partial charge in [0.05, 0.1) is 6.04 Å². The fourth-order valence-electron chi connectivity index (χ4n) is 4.18. The lowest BCUT2D eigenvalue weighted by molar-refractivity contribution is -0.135. The minimum absolute atomic E-state index is 0.0430. The SMILES string of the molecule is CCCN(CC(=O)N1CCc2sccc2[C@H]1COc1ccc(C)cc1C)C(=O)NC(C)(C)C. The van der Waals surface area contributed by atoms with Gasteiger partial charge in [-0.3, -0.25) is 4.79 Å². The summed E-state index contributed by atoms with van der Waals surface area (Å²) in [7, 11) is 0. The molecule has 3 amide bonds. The van der Waals surface area contributed by atoms with Gasteiger partial charge in [-0.05, 0) is 76.1 Å². The summed E-state index contributed by atoms with van der Waals surface area (Å²) in [5.74, 6) is 0.797. The second-order valence-electron chi connectivity index (χ2n) is 9.83. The lowest BCUT2D eigenvalue weighted by Crippen LogP contribution is -2.53. The Labute approximate surface area is 201 Å². The van der Waals surface area contributed by atoms with Gasteiger partial charge >= 0.3 is 6.03 Å². The van der Waals surface area contributed by atoms with E-state index in [1.165, 1.54) is 10.4 Å². The first-order valence-corrected chi connectivity index (χ1v) is 12.6. The molecule has 1 aromatic carbocycles. The highest BCUT2D eigenvalue weighted by molar-refractivity contribution is 7.10. The zero-order chi connectivity index (χ0) is 24.2. The molecule has 7 heteroatoms. The largest absolute Gasteiger partial charge is 0.491 e. The molecule has 1 N–H and O–H groups in total. The molecule has 0 saturated heterocycles. The average Bonchev–Trinajstić information content (AvgIpc) is 3.20. The van der Waals surface area contributed by atoms with Crippen molar-refractivity contribution in [2.45, 2.75) is 66.0 Å². The van der Waals surface area contributed by atoms with Crippen LogP contribution in [0.4, 0.5) is 4.79 Å². The number of urea groups is 1. The number of aryl methyl sites for hydroxylation is 2. The number of benzene rings is 1. The van der Waals surface area contributed by atoms with Crippen LogP contribution < -0.4 is 10.1 Å². The second kappa shape index (κ2) is 10.6. The molecule has 0 saturated carbocycles. The minimum atomic E-state index is -0.356. The van der Waals surface area contributed by atoms with Crippen molar-refractivity contribution in [1.29, 1.82) is 0 Å². The standard InChI is InChI=1S/C26H37N3O3S/c1-7-12-28(25(31)27-26(4,5)6)16-24(30)29-13-10-23-20(11-14-33-23)21(29)17-32-22-9-8-18(2)15-19(22)3/h8-9,11,14-15,21H,7,10,12-13,16-17H2,1-6H3,(H,27,31)/t21-/m1/s1. The highest BCUT2D eigenvalue weighted by Gasteiger charge is 2.33. The third-order valence-corrected chi connectivity index (χ3v) is 6.73. The van der Waals surface area contributed by atoms with Gasteiger partial charge in [-0.15, -0.1) is 11.3 Å². The Morgan fingerprint density at radius 1 is 1.24 bits per heavy atom. The van der Waals surface area contributed by atoms with Crippen LogP contribution >= 0.6 is 11.3 Å². The van der Waals surface area contributed by atoms with Crippen LogP contribution in [0.1, 0.15) is 61.7 Å². The van der Waals surface area contributed by atoms with Gasteiger partial charge in [-0.1, -0.05) is 24.6 Å². The van der Waals surface area contributed by atoms with Crippen molar-refractivity contribution in [3.63, 3.8) is 0 Å². The van der Waals surface area contributed by atoms with Gasteiger partial charge in [0.15, 0.2) is 0 Å². The summed E-state index contributed by atoms with van der Waals surface area (Å²) in [4.78, 5) is 31.1. The van der Waals surface area contributed by atoms with Gasteiger partial charge in [-0.25, -0.2) is 4.79 Å². The number of thiophene rings is 1. The van der Waals surface area contributed by atoms with Crippen LogP contribution in [0.15, 0.2) is 29.6 Å². The van der Waals surface area contributed by atoms with Crippen LogP contribution in [0.5, 0.6) is 5.75 Å². The summed E-state index contributed by atoms with van der Waals surface area (Å²) in [6.45, 7) is 13.6. The summed E-state index contributed by atoms with van der Waals surface area (Å²) < 4.78 is 6.22. The first kappa shape index (κ1) is 25.1. The van der Waals surface area contributed by atoms with Crippen LogP contribution in [0, 0.1) is 13.8 Å². The van der Waals surface area contributed by atoms with Crippen LogP contribution in [0.25, 0.3) is 0 Å². The summed E-state index contributed by atoms with van der Waals surface area (Å²) in [5.41, 5.74) is 3.08. The van der Waals surface area contributed by atoms with Gasteiger partial charge in [-0.2, -0.15) is 0 Å². The maximum absolute atomic E-state index is 13.5. The van der Waals surface area contributed by atoms with Gasteiger partial charge in [0, 0.05) is 23.5 Å². The Balaban J connectivity index is 1.77. The maximum atomic E-state index is 13.5. The Kier molecular flexibility index (Phi) is 8.05. The average molecular weight is 472 g/mol. The van der Waals surface area contributed by atoms with E-state index in [0.717, 1.165) is 29.7 Å². The zero-order valence-corrected chi connectivity index (χ0v) is 21.6. The number of rotatable bonds is 7. The first-order chi connectivity index (χ1) is 15.6. The molecule has 0 bridgehead atoms. The van der Waals surface area contributed by atoms with Crippen molar-refractivity contribution in [2.24, 2.45) is 0 Å². The molecule has 0 unspecified atom stereocenters. The van der Waals surface area contributed by atoms with Crippen molar-refractivity contribution < 1.29 is 14.3 Å². The smallest absolute Gasteiger partial charge is 0.318 e. The number of ether oxygens (including phenoxy) is 1. The Morgan fingerprint density at radius 2 is 2.00 bits per heavy atom. The lowest BCUT2D eigenvalue weighted by atomic mass is 10.00. The summed E-state index contributed by atoms with van der Waals surface area (Å²) in [6.07, 6.45) is 1.62. The van der Waals surface area contributed by atoms with Crippen LogP contribution in [-0.4, -0.2) is 53.5 Å². The molecule has 1 aromatic heterocycles.